The highest BCUT2D eigenvalue weighted by molar-refractivity contribution is 7.93. The van der Waals surface area contributed by atoms with Crippen molar-refractivity contribution in [3.8, 4) is 11.1 Å². The standard InChI is InChI=1S/C14H10F3N3O2S/c15-14(16,17)23(21,22)20-11-4-2-1-3-10(11)9-5-6-12-13(7-9)19-8-18-12/h1-8,20H,(H,18,19). The van der Waals surface area contributed by atoms with Crippen LogP contribution in [-0.4, -0.2) is 23.9 Å². The minimum atomic E-state index is -5.48. The van der Waals surface area contributed by atoms with E-state index in [0.717, 1.165) is 0 Å². The zero-order chi connectivity index (χ0) is 16.7. The minimum Gasteiger partial charge on any atom is -0.345 e. The van der Waals surface area contributed by atoms with Crippen molar-refractivity contribution in [1.29, 1.82) is 0 Å². The maximum absolute atomic E-state index is 12.6. The monoisotopic (exact) mass is 341 g/mol. The SMILES string of the molecule is O=S(=O)(Nc1ccccc1-c1ccc2nc[nH]c2c1)C(F)(F)F. The van der Waals surface area contributed by atoms with Gasteiger partial charge in [-0.2, -0.15) is 21.6 Å². The number of fused-ring (bicyclic) bond motifs is 1. The fraction of sp³-hybridized carbons (Fsp3) is 0.0714. The van der Waals surface area contributed by atoms with Crippen LogP contribution in [0.4, 0.5) is 18.9 Å². The zero-order valence-corrected chi connectivity index (χ0v) is 12.2. The number of benzene rings is 2. The molecule has 23 heavy (non-hydrogen) atoms. The summed E-state index contributed by atoms with van der Waals surface area (Å²) in [4.78, 5) is 6.94. The number of aromatic nitrogens is 2. The van der Waals surface area contributed by atoms with E-state index in [1.165, 1.54) is 24.5 Å². The van der Waals surface area contributed by atoms with Crippen LogP contribution < -0.4 is 4.72 Å². The van der Waals surface area contributed by atoms with Crippen LogP contribution in [0.5, 0.6) is 0 Å². The maximum Gasteiger partial charge on any atom is 0.516 e. The van der Waals surface area contributed by atoms with Gasteiger partial charge in [0.05, 0.1) is 23.0 Å². The molecule has 0 saturated carbocycles. The summed E-state index contributed by atoms with van der Waals surface area (Å²) in [5.41, 5.74) is -3.26. The fourth-order valence-electron chi connectivity index (χ4n) is 2.13. The van der Waals surface area contributed by atoms with E-state index in [2.05, 4.69) is 9.97 Å². The molecule has 0 aliphatic heterocycles. The number of nitrogens with zero attached hydrogens (tertiary/aromatic N) is 1. The molecule has 0 bridgehead atoms. The van der Waals surface area contributed by atoms with E-state index in [1.54, 1.807) is 29.0 Å². The minimum absolute atomic E-state index is 0.149. The van der Waals surface area contributed by atoms with Gasteiger partial charge in [0.1, 0.15) is 0 Å². The van der Waals surface area contributed by atoms with E-state index in [0.29, 0.717) is 22.2 Å². The van der Waals surface area contributed by atoms with Crippen molar-refractivity contribution >= 4 is 26.7 Å². The Morgan fingerprint density at radius 2 is 1.83 bits per heavy atom. The average molecular weight is 341 g/mol. The summed E-state index contributed by atoms with van der Waals surface area (Å²) in [5.74, 6) is 0. The van der Waals surface area contributed by atoms with Crippen LogP contribution in [0.15, 0.2) is 48.8 Å². The third-order valence-electron chi connectivity index (χ3n) is 3.21. The molecule has 0 saturated heterocycles. The topological polar surface area (TPSA) is 74.8 Å². The van der Waals surface area contributed by atoms with E-state index in [-0.39, 0.29) is 5.69 Å². The Labute approximate surface area is 129 Å². The van der Waals surface area contributed by atoms with Gasteiger partial charge in [-0.1, -0.05) is 24.3 Å². The molecule has 0 radical (unpaired) electrons. The lowest BCUT2D eigenvalue weighted by Gasteiger charge is -2.14. The highest BCUT2D eigenvalue weighted by Gasteiger charge is 2.46. The number of hydrogen-bond donors (Lipinski definition) is 2. The lowest BCUT2D eigenvalue weighted by Crippen LogP contribution is -2.30. The number of anilines is 1. The highest BCUT2D eigenvalue weighted by Crippen LogP contribution is 2.33. The predicted molar refractivity (Wildman–Crippen MR) is 80.1 cm³/mol. The number of nitrogens with one attached hydrogen (secondary N) is 2. The van der Waals surface area contributed by atoms with Gasteiger partial charge >= 0.3 is 15.5 Å². The lowest BCUT2D eigenvalue weighted by atomic mass is 10.0. The Kier molecular flexibility index (Phi) is 3.52. The second-order valence-corrected chi connectivity index (χ2v) is 6.41. The van der Waals surface area contributed by atoms with Crippen LogP contribution in [0.3, 0.4) is 0 Å². The van der Waals surface area contributed by atoms with Gasteiger partial charge in [0, 0.05) is 5.56 Å². The number of sulfonamides is 1. The van der Waals surface area contributed by atoms with E-state index >= 15 is 0 Å². The summed E-state index contributed by atoms with van der Waals surface area (Å²) in [7, 11) is -5.48. The molecule has 0 amide bonds. The number of halogens is 3. The van der Waals surface area contributed by atoms with Gasteiger partial charge in [-0.15, -0.1) is 0 Å². The molecule has 2 N–H and O–H groups in total. The van der Waals surface area contributed by atoms with Gasteiger partial charge < -0.3 is 4.98 Å². The molecule has 0 fully saturated rings. The van der Waals surface area contributed by atoms with Gasteiger partial charge in [-0.25, -0.2) is 4.98 Å². The van der Waals surface area contributed by atoms with Crippen LogP contribution in [0, 0.1) is 0 Å². The Morgan fingerprint density at radius 3 is 2.57 bits per heavy atom. The zero-order valence-electron chi connectivity index (χ0n) is 11.4. The van der Waals surface area contributed by atoms with Crippen molar-refractivity contribution in [2.45, 2.75) is 5.51 Å². The molecule has 0 spiro atoms. The Morgan fingerprint density at radius 1 is 1.09 bits per heavy atom. The quantitative estimate of drug-likeness (QED) is 0.766. The van der Waals surface area contributed by atoms with Crippen LogP contribution >= 0.6 is 0 Å². The molecule has 0 unspecified atom stereocenters. The maximum atomic E-state index is 12.6. The molecule has 9 heteroatoms. The van der Waals surface area contributed by atoms with Gasteiger partial charge in [0.25, 0.3) is 0 Å². The Bertz CT molecular complexity index is 965. The molecule has 3 rings (SSSR count). The molecule has 3 aromatic rings. The number of para-hydroxylation sites is 1. The average Bonchev–Trinajstić information content (AvgIpc) is 2.93. The van der Waals surface area contributed by atoms with Crippen molar-refractivity contribution in [2.24, 2.45) is 0 Å². The summed E-state index contributed by atoms with van der Waals surface area (Å²) >= 11 is 0. The summed E-state index contributed by atoms with van der Waals surface area (Å²) in [6.07, 6.45) is 1.49. The van der Waals surface area contributed by atoms with Crippen molar-refractivity contribution < 1.29 is 21.6 Å². The van der Waals surface area contributed by atoms with Gasteiger partial charge in [-0.05, 0) is 23.8 Å². The smallest absolute Gasteiger partial charge is 0.345 e. The highest BCUT2D eigenvalue weighted by atomic mass is 32.2. The molecule has 0 aliphatic rings. The first-order valence-electron chi connectivity index (χ1n) is 6.39. The molecule has 0 aliphatic carbocycles. The third kappa shape index (κ3) is 2.87. The number of H-pyrrole nitrogens is 1. The molecule has 120 valence electrons. The molecule has 1 heterocycles. The first-order valence-corrected chi connectivity index (χ1v) is 7.88. The number of aromatic amines is 1. The summed E-state index contributed by atoms with van der Waals surface area (Å²) in [6.45, 7) is 0. The number of alkyl halides is 3. The predicted octanol–water partition coefficient (Wildman–Crippen LogP) is 3.49. The normalized spacial score (nSPS) is 12.5. The van der Waals surface area contributed by atoms with Gasteiger partial charge in [-0.3, -0.25) is 4.72 Å². The molecule has 5 nitrogen and oxygen atoms in total. The molecular formula is C14H10F3N3O2S. The second-order valence-electron chi connectivity index (χ2n) is 4.73. The summed E-state index contributed by atoms with van der Waals surface area (Å²) in [5, 5.41) is 0. The van der Waals surface area contributed by atoms with Crippen LogP contribution in [0.1, 0.15) is 0 Å². The van der Waals surface area contributed by atoms with E-state index in [9.17, 15) is 21.6 Å². The fourth-order valence-corrected chi connectivity index (χ4v) is 2.71. The van der Waals surface area contributed by atoms with Crippen LogP contribution in [0.25, 0.3) is 22.2 Å². The molecule has 2 aromatic carbocycles. The molecule has 1 aromatic heterocycles. The summed E-state index contributed by atoms with van der Waals surface area (Å²) in [6, 6.07) is 10.9. The molecule has 0 atom stereocenters. The lowest BCUT2D eigenvalue weighted by molar-refractivity contribution is -0.0429. The Hall–Kier alpha value is -2.55. The van der Waals surface area contributed by atoms with Crippen molar-refractivity contribution in [3.63, 3.8) is 0 Å². The van der Waals surface area contributed by atoms with E-state index in [1.807, 2.05) is 0 Å². The number of rotatable bonds is 3. The summed E-state index contributed by atoms with van der Waals surface area (Å²) < 4.78 is 61.9. The number of hydrogen-bond acceptors (Lipinski definition) is 3. The van der Waals surface area contributed by atoms with Crippen molar-refractivity contribution in [3.05, 3.63) is 48.8 Å². The van der Waals surface area contributed by atoms with E-state index in [4.69, 9.17) is 0 Å². The van der Waals surface area contributed by atoms with Gasteiger partial charge in [0.15, 0.2) is 0 Å². The first-order chi connectivity index (χ1) is 10.8. The van der Waals surface area contributed by atoms with Crippen LogP contribution in [-0.2, 0) is 10.0 Å². The Balaban J connectivity index is 2.07. The van der Waals surface area contributed by atoms with Crippen molar-refractivity contribution in [1.82, 2.24) is 9.97 Å². The first kappa shape index (κ1) is 15.3. The van der Waals surface area contributed by atoms with E-state index < -0.39 is 15.5 Å². The number of imidazole rings is 1. The second kappa shape index (κ2) is 5.27. The largest absolute Gasteiger partial charge is 0.516 e. The van der Waals surface area contributed by atoms with Crippen molar-refractivity contribution in [2.75, 3.05) is 4.72 Å². The molecular weight excluding hydrogens is 331 g/mol. The third-order valence-corrected chi connectivity index (χ3v) is 4.31. The van der Waals surface area contributed by atoms with Crippen LogP contribution in [0.2, 0.25) is 0 Å². The van der Waals surface area contributed by atoms with Gasteiger partial charge in [0.2, 0.25) is 0 Å².